The summed E-state index contributed by atoms with van der Waals surface area (Å²) in [5.41, 5.74) is 0.307. The van der Waals surface area contributed by atoms with Crippen LogP contribution in [0.4, 0.5) is 5.69 Å². The van der Waals surface area contributed by atoms with Crippen molar-refractivity contribution in [3.8, 4) is 5.82 Å². The molecule has 2 rings (SSSR count). The highest BCUT2D eigenvalue weighted by molar-refractivity contribution is 5.73. The number of aldehydes is 1. The molecule has 7 nitrogen and oxygen atoms in total. The van der Waals surface area contributed by atoms with Gasteiger partial charge >= 0.3 is 0 Å². The number of hydrogen-bond donors (Lipinski definition) is 0. The number of hydrogen-bond acceptors (Lipinski definition) is 5. The first-order valence-electron chi connectivity index (χ1n) is 4.31. The van der Waals surface area contributed by atoms with E-state index in [0.717, 1.165) is 0 Å². The average Bonchev–Trinajstić information content (AvgIpc) is 2.77. The van der Waals surface area contributed by atoms with E-state index in [4.69, 9.17) is 0 Å². The van der Waals surface area contributed by atoms with Gasteiger partial charge in [0.25, 0.3) is 5.69 Å². The zero-order valence-electron chi connectivity index (χ0n) is 7.98. The number of rotatable bonds is 3. The molecule has 80 valence electrons. The molecule has 0 saturated heterocycles. The molecule has 0 atom stereocenters. The highest BCUT2D eigenvalue weighted by atomic mass is 16.6. The Morgan fingerprint density at radius 1 is 1.50 bits per heavy atom. The first-order chi connectivity index (χ1) is 7.70. The summed E-state index contributed by atoms with van der Waals surface area (Å²) in [6.07, 6.45) is 4.75. The minimum Gasteiger partial charge on any atom is -0.298 e. The Morgan fingerprint density at radius 2 is 2.31 bits per heavy atom. The van der Waals surface area contributed by atoms with E-state index in [0.29, 0.717) is 17.7 Å². The lowest BCUT2D eigenvalue weighted by atomic mass is 10.4. The molecule has 0 aliphatic carbocycles. The summed E-state index contributed by atoms with van der Waals surface area (Å²) >= 11 is 0. The predicted molar refractivity (Wildman–Crippen MR) is 53.4 cm³/mol. The number of aromatic nitrogens is 3. The summed E-state index contributed by atoms with van der Waals surface area (Å²) in [7, 11) is 0. The Hall–Kier alpha value is -2.57. The van der Waals surface area contributed by atoms with E-state index in [9.17, 15) is 14.9 Å². The Labute approximate surface area is 89.5 Å². The number of nitro groups is 1. The fraction of sp³-hybridized carbons (Fsp3) is 0. The van der Waals surface area contributed by atoms with Crippen LogP contribution in [-0.4, -0.2) is 26.0 Å². The van der Waals surface area contributed by atoms with E-state index in [1.807, 2.05) is 0 Å². The molecule has 2 heterocycles. The molecule has 0 saturated carbocycles. The maximum Gasteiger partial charge on any atom is 0.274 e. The highest BCUT2D eigenvalue weighted by Gasteiger charge is 2.08. The zero-order chi connectivity index (χ0) is 11.5. The SMILES string of the molecule is O=Cc1cnn(-c2cc([N+](=O)[O-])ccn2)c1. The van der Waals surface area contributed by atoms with Gasteiger partial charge in [0, 0.05) is 18.5 Å². The molecule has 2 aromatic rings. The van der Waals surface area contributed by atoms with Crippen molar-refractivity contribution in [3.63, 3.8) is 0 Å². The van der Waals surface area contributed by atoms with E-state index in [1.54, 1.807) is 0 Å². The molecular formula is C9H6N4O3. The third kappa shape index (κ3) is 1.78. The lowest BCUT2D eigenvalue weighted by Gasteiger charge is -1.98. The van der Waals surface area contributed by atoms with Crippen LogP contribution in [0, 0.1) is 10.1 Å². The summed E-state index contributed by atoms with van der Waals surface area (Å²) in [5, 5.41) is 14.4. The molecule has 16 heavy (non-hydrogen) atoms. The molecule has 0 unspecified atom stereocenters. The average molecular weight is 218 g/mol. The normalized spacial score (nSPS) is 10.0. The van der Waals surface area contributed by atoms with Crippen molar-refractivity contribution in [3.05, 3.63) is 46.4 Å². The molecule has 0 fully saturated rings. The minimum absolute atomic E-state index is 0.0758. The topological polar surface area (TPSA) is 90.9 Å². The van der Waals surface area contributed by atoms with Gasteiger partial charge in [-0.3, -0.25) is 14.9 Å². The summed E-state index contributed by atoms with van der Waals surface area (Å²) in [4.78, 5) is 24.4. The molecule has 0 aromatic carbocycles. The van der Waals surface area contributed by atoms with Crippen molar-refractivity contribution in [1.82, 2.24) is 14.8 Å². The molecule has 0 radical (unpaired) electrons. The van der Waals surface area contributed by atoms with Crippen molar-refractivity contribution in [2.75, 3.05) is 0 Å². The Balaban J connectivity index is 2.43. The van der Waals surface area contributed by atoms with Crippen LogP contribution in [0.1, 0.15) is 10.4 Å². The van der Waals surface area contributed by atoms with Gasteiger partial charge in [-0.15, -0.1) is 0 Å². The van der Waals surface area contributed by atoms with Crippen LogP contribution in [-0.2, 0) is 0 Å². The molecular weight excluding hydrogens is 212 g/mol. The maximum atomic E-state index is 10.5. The number of nitrogens with zero attached hydrogens (tertiary/aromatic N) is 4. The van der Waals surface area contributed by atoms with Gasteiger partial charge in [-0.05, 0) is 0 Å². The van der Waals surface area contributed by atoms with Gasteiger partial charge in [-0.25, -0.2) is 9.67 Å². The Morgan fingerprint density at radius 3 is 2.94 bits per heavy atom. The standard InChI is InChI=1S/C9H6N4O3/c14-6-7-4-11-12(5-7)9-3-8(13(15)16)1-2-10-9/h1-6H. The monoisotopic (exact) mass is 218 g/mol. The van der Waals surface area contributed by atoms with E-state index in [-0.39, 0.29) is 5.69 Å². The third-order valence-electron chi connectivity index (χ3n) is 1.91. The maximum absolute atomic E-state index is 10.5. The Bertz CT molecular complexity index is 549. The van der Waals surface area contributed by atoms with Crippen LogP contribution in [0.15, 0.2) is 30.7 Å². The van der Waals surface area contributed by atoms with Gasteiger partial charge in [0.05, 0.1) is 22.7 Å². The second kappa shape index (κ2) is 3.89. The minimum atomic E-state index is -0.519. The molecule has 0 aliphatic heterocycles. The van der Waals surface area contributed by atoms with Crippen LogP contribution in [0.5, 0.6) is 0 Å². The zero-order valence-corrected chi connectivity index (χ0v) is 7.98. The third-order valence-corrected chi connectivity index (χ3v) is 1.91. The van der Waals surface area contributed by atoms with E-state index in [2.05, 4.69) is 10.1 Å². The highest BCUT2D eigenvalue weighted by Crippen LogP contribution is 2.13. The quantitative estimate of drug-likeness (QED) is 0.435. The predicted octanol–water partition coefficient (Wildman–Crippen LogP) is 0.988. The molecule has 2 aromatic heterocycles. The van der Waals surface area contributed by atoms with Crippen molar-refractivity contribution in [1.29, 1.82) is 0 Å². The molecule has 0 aliphatic rings. The number of carbonyl (C=O) groups is 1. The van der Waals surface area contributed by atoms with Crippen molar-refractivity contribution in [2.24, 2.45) is 0 Å². The van der Waals surface area contributed by atoms with Gasteiger partial charge in [0.15, 0.2) is 12.1 Å². The summed E-state index contributed by atoms with van der Waals surface area (Å²) in [5.74, 6) is 0.294. The lowest BCUT2D eigenvalue weighted by molar-refractivity contribution is -0.384. The van der Waals surface area contributed by atoms with Crippen molar-refractivity contribution >= 4 is 12.0 Å². The van der Waals surface area contributed by atoms with Crippen molar-refractivity contribution in [2.45, 2.75) is 0 Å². The molecule has 0 bridgehead atoms. The van der Waals surface area contributed by atoms with Gasteiger partial charge in [-0.2, -0.15) is 5.10 Å². The van der Waals surface area contributed by atoms with Gasteiger partial charge in [0.1, 0.15) is 0 Å². The van der Waals surface area contributed by atoms with Crippen LogP contribution in [0.25, 0.3) is 5.82 Å². The smallest absolute Gasteiger partial charge is 0.274 e. The first kappa shape index (κ1) is 9.97. The van der Waals surface area contributed by atoms with Crippen LogP contribution in [0.3, 0.4) is 0 Å². The second-order valence-corrected chi connectivity index (χ2v) is 2.97. The summed E-state index contributed by atoms with van der Waals surface area (Å²) in [6.45, 7) is 0. The van der Waals surface area contributed by atoms with Gasteiger partial charge in [-0.1, -0.05) is 0 Å². The van der Waals surface area contributed by atoms with Crippen LogP contribution < -0.4 is 0 Å². The lowest BCUT2D eigenvalue weighted by Crippen LogP contribution is -1.99. The van der Waals surface area contributed by atoms with Crippen LogP contribution in [0.2, 0.25) is 0 Å². The number of carbonyl (C=O) groups excluding carboxylic acids is 1. The largest absolute Gasteiger partial charge is 0.298 e. The van der Waals surface area contributed by atoms with Gasteiger partial charge < -0.3 is 0 Å². The molecule has 0 amide bonds. The molecule has 7 heteroatoms. The summed E-state index contributed by atoms with van der Waals surface area (Å²) in [6, 6.07) is 2.56. The Kier molecular flexibility index (Phi) is 2.42. The first-order valence-corrected chi connectivity index (χ1v) is 4.31. The fourth-order valence-electron chi connectivity index (χ4n) is 1.17. The van der Waals surface area contributed by atoms with E-state index in [1.165, 1.54) is 35.4 Å². The summed E-state index contributed by atoms with van der Waals surface area (Å²) < 4.78 is 1.30. The molecule has 0 spiro atoms. The second-order valence-electron chi connectivity index (χ2n) is 2.97. The van der Waals surface area contributed by atoms with E-state index >= 15 is 0 Å². The number of pyridine rings is 1. The van der Waals surface area contributed by atoms with Crippen molar-refractivity contribution < 1.29 is 9.72 Å². The van der Waals surface area contributed by atoms with Gasteiger partial charge in [0.2, 0.25) is 0 Å². The van der Waals surface area contributed by atoms with Crippen LogP contribution >= 0.6 is 0 Å². The van der Waals surface area contributed by atoms with E-state index < -0.39 is 4.92 Å². The molecule has 0 N–H and O–H groups in total. The fourth-order valence-corrected chi connectivity index (χ4v) is 1.17.